The number of aliphatic carboxylic acids is 1. The van der Waals surface area contributed by atoms with E-state index in [0.717, 1.165) is 11.0 Å². The molecule has 1 aromatic heterocycles. The second-order valence-corrected chi connectivity index (χ2v) is 6.92. The van der Waals surface area contributed by atoms with E-state index >= 15 is 0 Å². The third kappa shape index (κ3) is 3.66. The fourth-order valence-corrected chi connectivity index (χ4v) is 3.88. The number of rotatable bonds is 4. The minimum Gasteiger partial charge on any atom is -0.480 e. The van der Waals surface area contributed by atoms with Crippen LogP contribution < -0.4 is 5.56 Å². The second kappa shape index (κ2) is 5.64. The van der Waals surface area contributed by atoms with Gasteiger partial charge >= 0.3 is 5.97 Å². The number of hydrogen-bond acceptors (Lipinski definition) is 6. The Kier molecular flexibility index (Phi) is 4.07. The molecule has 2 heterocycles. The summed E-state index contributed by atoms with van der Waals surface area (Å²) in [5.74, 6) is -2.33. The molecule has 0 aromatic carbocycles. The Morgan fingerprint density at radius 3 is 2.62 bits per heavy atom. The predicted octanol–water partition coefficient (Wildman–Crippen LogP) is -1.52. The lowest BCUT2D eigenvalue weighted by Crippen LogP contribution is -2.44. The van der Waals surface area contributed by atoms with E-state index in [0.29, 0.717) is 0 Å². The predicted molar refractivity (Wildman–Crippen MR) is 70.6 cm³/mol. The van der Waals surface area contributed by atoms with Gasteiger partial charge in [0.1, 0.15) is 12.2 Å². The molecule has 1 aliphatic heterocycles. The van der Waals surface area contributed by atoms with Crippen LogP contribution in [0.2, 0.25) is 0 Å². The number of aromatic amines is 1. The summed E-state index contributed by atoms with van der Waals surface area (Å²) in [6.07, 6.45) is 0.185. The van der Waals surface area contributed by atoms with Gasteiger partial charge in [0.25, 0.3) is 11.5 Å². The van der Waals surface area contributed by atoms with Gasteiger partial charge in [0.15, 0.2) is 9.84 Å². The molecule has 1 saturated heterocycles. The van der Waals surface area contributed by atoms with E-state index < -0.39 is 39.9 Å². The zero-order chi connectivity index (χ0) is 15.6. The number of hydrogen-bond donors (Lipinski definition) is 2. The van der Waals surface area contributed by atoms with Crippen LogP contribution in [-0.4, -0.2) is 64.6 Å². The van der Waals surface area contributed by atoms with Crippen molar-refractivity contribution in [1.29, 1.82) is 0 Å². The van der Waals surface area contributed by atoms with Gasteiger partial charge in [0.05, 0.1) is 11.5 Å². The number of carboxylic acid groups (broad SMARTS) is 1. The molecule has 1 aliphatic rings. The molecule has 21 heavy (non-hydrogen) atoms. The monoisotopic (exact) mass is 315 g/mol. The molecular formula is C11H13N3O6S. The van der Waals surface area contributed by atoms with Crippen molar-refractivity contribution in [2.45, 2.75) is 12.5 Å². The van der Waals surface area contributed by atoms with Crippen LogP contribution in [0.3, 0.4) is 0 Å². The maximum Gasteiger partial charge on any atom is 0.323 e. The highest BCUT2D eigenvalue weighted by molar-refractivity contribution is 7.91. The van der Waals surface area contributed by atoms with Crippen molar-refractivity contribution in [3.05, 3.63) is 28.2 Å². The summed E-state index contributed by atoms with van der Waals surface area (Å²) in [5.41, 5.74) is -0.639. The molecular weight excluding hydrogens is 302 g/mol. The highest BCUT2D eigenvalue weighted by Gasteiger charge is 2.36. The van der Waals surface area contributed by atoms with Gasteiger partial charge in [-0.2, -0.15) is 5.10 Å². The molecule has 1 aromatic rings. The normalized spacial score (nSPS) is 20.1. The molecule has 0 bridgehead atoms. The highest BCUT2D eigenvalue weighted by Crippen LogP contribution is 2.19. The zero-order valence-corrected chi connectivity index (χ0v) is 11.7. The minimum absolute atomic E-state index is 0.0832. The molecule has 10 heteroatoms. The average Bonchev–Trinajstić information content (AvgIpc) is 2.76. The largest absolute Gasteiger partial charge is 0.480 e. The molecule has 1 atom stereocenters. The van der Waals surface area contributed by atoms with Crippen molar-refractivity contribution in [2.75, 3.05) is 18.1 Å². The number of carbonyl (C=O) groups excluding carboxylic acids is 1. The first kappa shape index (κ1) is 15.2. The molecule has 0 radical (unpaired) electrons. The number of nitrogens with zero attached hydrogens (tertiary/aromatic N) is 2. The molecule has 1 fully saturated rings. The van der Waals surface area contributed by atoms with Crippen molar-refractivity contribution in [1.82, 2.24) is 15.1 Å². The summed E-state index contributed by atoms with van der Waals surface area (Å²) in [5, 5.41) is 14.5. The summed E-state index contributed by atoms with van der Waals surface area (Å²) >= 11 is 0. The van der Waals surface area contributed by atoms with Crippen LogP contribution in [0.1, 0.15) is 16.9 Å². The molecule has 2 rings (SSSR count). The van der Waals surface area contributed by atoms with Crippen LogP contribution in [0.4, 0.5) is 0 Å². The van der Waals surface area contributed by atoms with Gasteiger partial charge in [0.2, 0.25) is 0 Å². The molecule has 2 N–H and O–H groups in total. The van der Waals surface area contributed by atoms with Crippen LogP contribution in [0.5, 0.6) is 0 Å². The van der Waals surface area contributed by atoms with Gasteiger partial charge in [-0.05, 0) is 12.5 Å². The quantitative estimate of drug-likeness (QED) is 0.688. The fraction of sp³-hybridized carbons (Fsp3) is 0.455. The van der Waals surface area contributed by atoms with Gasteiger partial charge in [-0.3, -0.25) is 14.4 Å². The summed E-state index contributed by atoms with van der Waals surface area (Å²) < 4.78 is 23.0. The molecule has 9 nitrogen and oxygen atoms in total. The topological polar surface area (TPSA) is 138 Å². The first-order valence-corrected chi connectivity index (χ1v) is 7.89. The van der Waals surface area contributed by atoms with Gasteiger partial charge in [0, 0.05) is 12.1 Å². The fourth-order valence-electron chi connectivity index (χ4n) is 2.14. The summed E-state index contributed by atoms with van der Waals surface area (Å²) in [7, 11) is -3.26. The van der Waals surface area contributed by atoms with Crippen LogP contribution in [0, 0.1) is 0 Å². The van der Waals surface area contributed by atoms with E-state index in [2.05, 4.69) is 10.2 Å². The average molecular weight is 315 g/mol. The van der Waals surface area contributed by atoms with Crippen molar-refractivity contribution in [3.8, 4) is 0 Å². The Hall–Kier alpha value is -2.23. The molecule has 114 valence electrons. The van der Waals surface area contributed by atoms with E-state index in [9.17, 15) is 22.8 Å². The molecule has 1 amide bonds. The third-order valence-corrected chi connectivity index (χ3v) is 4.86. The lowest BCUT2D eigenvalue weighted by atomic mass is 10.2. The smallest absolute Gasteiger partial charge is 0.323 e. The number of carbonyl (C=O) groups is 2. The Labute approximate surface area is 119 Å². The number of H-pyrrole nitrogens is 1. The maximum absolute atomic E-state index is 12.3. The Bertz CT molecular complexity index is 705. The second-order valence-electron chi connectivity index (χ2n) is 4.69. The zero-order valence-electron chi connectivity index (χ0n) is 10.9. The van der Waals surface area contributed by atoms with Gasteiger partial charge in [-0.15, -0.1) is 0 Å². The van der Waals surface area contributed by atoms with Crippen molar-refractivity contribution in [3.63, 3.8) is 0 Å². The van der Waals surface area contributed by atoms with Gasteiger partial charge in [-0.25, -0.2) is 13.5 Å². The highest BCUT2D eigenvalue weighted by atomic mass is 32.2. The van der Waals surface area contributed by atoms with Gasteiger partial charge < -0.3 is 10.0 Å². The molecule has 0 spiro atoms. The molecule has 0 saturated carbocycles. The minimum atomic E-state index is -3.26. The van der Waals surface area contributed by atoms with E-state index in [4.69, 9.17) is 5.11 Å². The van der Waals surface area contributed by atoms with E-state index in [1.54, 1.807) is 0 Å². The number of sulfone groups is 1. The van der Waals surface area contributed by atoms with Crippen molar-refractivity contribution >= 4 is 21.7 Å². The Balaban J connectivity index is 2.27. The first-order valence-electron chi connectivity index (χ1n) is 6.07. The number of carboxylic acids is 1. The third-order valence-electron chi connectivity index (χ3n) is 3.11. The van der Waals surface area contributed by atoms with Crippen molar-refractivity contribution < 1.29 is 23.1 Å². The SMILES string of the molecule is O=C(O)CN(C(=O)c1ccc(=O)[nH]n1)C1CCS(=O)(=O)C1. The van der Waals surface area contributed by atoms with Gasteiger partial charge in [-0.1, -0.05) is 0 Å². The Morgan fingerprint density at radius 1 is 1.43 bits per heavy atom. The first-order chi connectivity index (χ1) is 9.78. The van der Waals surface area contributed by atoms with E-state index in [1.165, 1.54) is 6.07 Å². The standard InChI is InChI=1S/C11H13N3O6S/c15-9-2-1-8(12-13-9)11(18)14(5-10(16)17)7-3-4-21(19,20)6-7/h1-2,7H,3-6H2,(H,13,15)(H,16,17). The van der Waals surface area contributed by atoms with Crippen LogP contribution in [-0.2, 0) is 14.6 Å². The summed E-state index contributed by atoms with van der Waals surface area (Å²) in [4.78, 5) is 35.1. The summed E-state index contributed by atoms with van der Waals surface area (Å²) in [6, 6.07) is 1.55. The van der Waals surface area contributed by atoms with E-state index in [1.807, 2.05) is 0 Å². The van der Waals surface area contributed by atoms with Crippen LogP contribution in [0.15, 0.2) is 16.9 Å². The number of aromatic nitrogens is 2. The van der Waals surface area contributed by atoms with Crippen LogP contribution >= 0.6 is 0 Å². The molecule has 0 aliphatic carbocycles. The molecule has 1 unspecified atom stereocenters. The maximum atomic E-state index is 12.3. The lowest BCUT2D eigenvalue weighted by Gasteiger charge is -2.25. The van der Waals surface area contributed by atoms with Crippen molar-refractivity contribution in [2.24, 2.45) is 0 Å². The van der Waals surface area contributed by atoms with E-state index in [-0.39, 0.29) is 23.6 Å². The lowest BCUT2D eigenvalue weighted by molar-refractivity contribution is -0.138. The Morgan fingerprint density at radius 2 is 2.14 bits per heavy atom. The summed E-state index contributed by atoms with van der Waals surface area (Å²) in [6.45, 7) is -0.625. The number of nitrogens with one attached hydrogen (secondary N) is 1. The van der Waals surface area contributed by atoms with Crippen LogP contribution in [0.25, 0.3) is 0 Å². The number of amides is 1.